The number of ether oxygens (including phenoxy) is 1. The molecule has 1 saturated heterocycles. The molecule has 3 heterocycles. The standard InChI is InChI=1S/C19H22N8O2/c20-8-12-7-13(12)10-29-19-23-4-1-15(25-19)27-5-2-11(3-6-27)18-24-9-14(21)16(26-18)17(22)28/h1,4,9,11-13H,2-3,5-7,10,21H2,(H2,22,28)/t12-,13+/m0/s1. The second-order valence-electron chi connectivity index (χ2n) is 7.40. The minimum absolute atomic E-state index is 0.0734. The normalized spacial score (nSPS) is 21.4. The lowest BCUT2D eigenvalue weighted by Gasteiger charge is -2.32. The van der Waals surface area contributed by atoms with E-state index in [0.29, 0.717) is 18.4 Å². The molecule has 150 valence electrons. The molecule has 10 nitrogen and oxygen atoms in total. The zero-order chi connectivity index (χ0) is 20.4. The Labute approximate surface area is 167 Å². The number of hydrogen-bond donors (Lipinski definition) is 2. The Balaban J connectivity index is 1.36. The number of nitrogens with zero attached hydrogens (tertiary/aromatic N) is 6. The lowest BCUT2D eigenvalue weighted by molar-refractivity contribution is 0.0996. The second-order valence-corrected chi connectivity index (χ2v) is 7.40. The largest absolute Gasteiger partial charge is 0.463 e. The molecule has 0 aromatic carbocycles. The van der Waals surface area contributed by atoms with Crippen molar-refractivity contribution in [3.05, 3.63) is 30.0 Å². The van der Waals surface area contributed by atoms with Gasteiger partial charge in [0, 0.05) is 31.1 Å². The highest BCUT2D eigenvalue weighted by molar-refractivity contribution is 5.95. The molecule has 1 aliphatic heterocycles. The van der Waals surface area contributed by atoms with E-state index in [4.69, 9.17) is 21.5 Å². The number of nitrogen functional groups attached to an aromatic ring is 1. The predicted octanol–water partition coefficient (Wildman–Crippen LogP) is 0.870. The topological polar surface area (TPSA) is 157 Å². The summed E-state index contributed by atoms with van der Waals surface area (Å²) in [5.41, 5.74) is 11.3. The van der Waals surface area contributed by atoms with Gasteiger partial charge in [0.25, 0.3) is 5.91 Å². The molecule has 0 spiro atoms. The van der Waals surface area contributed by atoms with Gasteiger partial charge in [0.1, 0.15) is 11.6 Å². The summed E-state index contributed by atoms with van der Waals surface area (Å²) in [4.78, 5) is 30.8. The zero-order valence-corrected chi connectivity index (χ0v) is 15.9. The highest BCUT2D eigenvalue weighted by Crippen LogP contribution is 2.37. The summed E-state index contributed by atoms with van der Waals surface area (Å²) in [6.07, 6.45) is 5.64. The van der Waals surface area contributed by atoms with Gasteiger partial charge in [-0.2, -0.15) is 10.2 Å². The van der Waals surface area contributed by atoms with Crippen LogP contribution in [0.3, 0.4) is 0 Å². The van der Waals surface area contributed by atoms with Gasteiger partial charge in [-0.15, -0.1) is 0 Å². The van der Waals surface area contributed by atoms with Gasteiger partial charge in [-0.05, 0) is 25.3 Å². The number of nitriles is 1. The minimum atomic E-state index is -0.649. The minimum Gasteiger partial charge on any atom is -0.463 e. The Bertz CT molecular complexity index is 951. The maximum absolute atomic E-state index is 11.5. The molecule has 4 N–H and O–H groups in total. The first-order chi connectivity index (χ1) is 14.0. The lowest BCUT2D eigenvalue weighted by Crippen LogP contribution is -2.34. The fourth-order valence-corrected chi connectivity index (χ4v) is 3.51. The van der Waals surface area contributed by atoms with Crippen LogP contribution in [-0.4, -0.2) is 45.5 Å². The van der Waals surface area contributed by atoms with Gasteiger partial charge in [0.2, 0.25) is 0 Å². The molecule has 2 aromatic heterocycles. The molecule has 1 aliphatic carbocycles. The van der Waals surface area contributed by atoms with Crippen molar-refractivity contribution in [1.29, 1.82) is 5.26 Å². The number of piperidine rings is 1. The van der Waals surface area contributed by atoms with Gasteiger partial charge < -0.3 is 21.1 Å². The summed E-state index contributed by atoms with van der Waals surface area (Å²) >= 11 is 0. The average molecular weight is 394 g/mol. The molecule has 4 rings (SSSR count). The van der Waals surface area contributed by atoms with E-state index in [-0.39, 0.29) is 29.1 Å². The Hall–Kier alpha value is -3.48. The Morgan fingerprint density at radius 3 is 2.79 bits per heavy atom. The van der Waals surface area contributed by atoms with Crippen molar-refractivity contribution in [2.75, 3.05) is 30.3 Å². The van der Waals surface area contributed by atoms with Crippen LogP contribution in [-0.2, 0) is 0 Å². The molecule has 2 atom stereocenters. The maximum atomic E-state index is 11.5. The second kappa shape index (κ2) is 7.87. The van der Waals surface area contributed by atoms with Crippen molar-refractivity contribution in [1.82, 2.24) is 19.9 Å². The lowest BCUT2D eigenvalue weighted by atomic mass is 9.96. The third kappa shape index (κ3) is 4.18. The van der Waals surface area contributed by atoms with E-state index in [1.807, 2.05) is 6.07 Å². The van der Waals surface area contributed by atoms with Crippen LogP contribution in [0.15, 0.2) is 18.5 Å². The monoisotopic (exact) mass is 394 g/mol. The van der Waals surface area contributed by atoms with Crippen LogP contribution in [0.4, 0.5) is 11.5 Å². The third-order valence-corrected chi connectivity index (χ3v) is 5.39. The van der Waals surface area contributed by atoms with Crippen LogP contribution in [0.2, 0.25) is 0 Å². The van der Waals surface area contributed by atoms with Crippen LogP contribution in [0.25, 0.3) is 0 Å². The smallest absolute Gasteiger partial charge is 0.318 e. The maximum Gasteiger partial charge on any atom is 0.318 e. The van der Waals surface area contributed by atoms with Gasteiger partial charge in [0.05, 0.1) is 30.5 Å². The van der Waals surface area contributed by atoms with Gasteiger partial charge in [-0.3, -0.25) is 4.79 Å². The molecule has 2 aromatic rings. The predicted molar refractivity (Wildman–Crippen MR) is 104 cm³/mol. The van der Waals surface area contributed by atoms with Crippen LogP contribution >= 0.6 is 0 Å². The molecule has 29 heavy (non-hydrogen) atoms. The Kier molecular flexibility index (Phi) is 5.12. The first kappa shape index (κ1) is 18.9. The summed E-state index contributed by atoms with van der Waals surface area (Å²) in [6.45, 7) is 2.00. The van der Waals surface area contributed by atoms with E-state index >= 15 is 0 Å². The van der Waals surface area contributed by atoms with E-state index in [9.17, 15) is 4.79 Å². The molecule has 1 amide bonds. The first-order valence-electron chi connectivity index (χ1n) is 9.57. The number of hydrogen-bond acceptors (Lipinski definition) is 9. The number of carbonyl (C=O) groups excluding carboxylic acids is 1. The van der Waals surface area contributed by atoms with Crippen LogP contribution < -0.4 is 21.1 Å². The number of nitrogens with two attached hydrogens (primary N) is 2. The van der Waals surface area contributed by atoms with E-state index < -0.39 is 5.91 Å². The number of primary amides is 1. The highest BCUT2D eigenvalue weighted by Gasteiger charge is 2.38. The number of anilines is 2. The Morgan fingerprint density at radius 2 is 2.10 bits per heavy atom. The van der Waals surface area contributed by atoms with Crippen LogP contribution in [0.5, 0.6) is 6.01 Å². The highest BCUT2D eigenvalue weighted by atomic mass is 16.5. The summed E-state index contributed by atoms with van der Waals surface area (Å²) in [6, 6.07) is 4.44. The van der Waals surface area contributed by atoms with Gasteiger partial charge in [0.15, 0.2) is 5.69 Å². The SMILES string of the molecule is N#C[C@@H]1C[C@@H]1COc1nccc(N2CCC(c3ncc(N)c(C(N)=O)n3)CC2)n1. The molecule has 10 heteroatoms. The fraction of sp³-hybridized carbons (Fsp3) is 0.474. The molecule has 0 radical (unpaired) electrons. The third-order valence-electron chi connectivity index (χ3n) is 5.39. The summed E-state index contributed by atoms with van der Waals surface area (Å²) in [7, 11) is 0. The van der Waals surface area contributed by atoms with E-state index in [1.54, 1.807) is 6.20 Å². The number of amides is 1. The molecular weight excluding hydrogens is 372 g/mol. The number of aromatic nitrogens is 4. The van der Waals surface area contributed by atoms with Gasteiger partial charge >= 0.3 is 6.01 Å². The van der Waals surface area contributed by atoms with Crippen molar-refractivity contribution >= 4 is 17.4 Å². The van der Waals surface area contributed by atoms with Crippen molar-refractivity contribution in [3.8, 4) is 12.1 Å². The summed E-state index contributed by atoms with van der Waals surface area (Å²) in [5.74, 6) is 1.26. The van der Waals surface area contributed by atoms with Gasteiger partial charge in [-0.1, -0.05) is 0 Å². The van der Waals surface area contributed by atoms with Gasteiger partial charge in [-0.25, -0.2) is 15.0 Å². The molecule has 0 bridgehead atoms. The average Bonchev–Trinajstić information content (AvgIpc) is 3.51. The van der Waals surface area contributed by atoms with E-state index in [0.717, 1.165) is 38.2 Å². The fourth-order valence-electron chi connectivity index (χ4n) is 3.51. The first-order valence-corrected chi connectivity index (χ1v) is 9.57. The van der Waals surface area contributed by atoms with E-state index in [1.165, 1.54) is 6.20 Å². The van der Waals surface area contributed by atoms with E-state index in [2.05, 4.69) is 30.9 Å². The molecule has 2 aliphatic rings. The molecule has 0 unspecified atom stereocenters. The molecule has 1 saturated carbocycles. The van der Waals surface area contributed by atoms with Crippen molar-refractivity contribution < 1.29 is 9.53 Å². The summed E-state index contributed by atoms with van der Waals surface area (Å²) < 4.78 is 5.66. The van der Waals surface area contributed by atoms with Crippen molar-refractivity contribution in [2.45, 2.75) is 25.2 Å². The van der Waals surface area contributed by atoms with Crippen LogP contribution in [0, 0.1) is 23.2 Å². The quantitative estimate of drug-likeness (QED) is 0.725. The molecular formula is C19H22N8O2. The molecule has 2 fully saturated rings. The zero-order valence-electron chi connectivity index (χ0n) is 15.9. The number of rotatable bonds is 6. The Morgan fingerprint density at radius 1 is 1.31 bits per heavy atom. The van der Waals surface area contributed by atoms with Crippen molar-refractivity contribution in [3.63, 3.8) is 0 Å². The summed E-state index contributed by atoms with van der Waals surface area (Å²) in [5, 5.41) is 8.87. The van der Waals surface area contributed by atoms with Crippen LogP contribution in [0.1, 0.15) is 41.5 Å². The number of carbonyl (C=O) groups is 1. The van der Waals surface area contributed by atoms with Crippen molar-refractivity contribution in [2.24, 2.45) is 17.6 Å².